The third kappa shape index (κ3) is 3.56. The summed E-state index contributed by atoms with van der Waals surface area (Å²) in [6.45, 7) is 3.09. The van der Waals surface area contributed by atoms with Gasteiger partial charge < -0.3 is 0 Å². The molecular weight excluding hydrogens is 319 g/mol. The zero-order chi connectivity index (χ0) is 17.2. The largest absolute Gasteiger partial charge is 0.299 e. The molecule has 0 bridgehead atoms. The van der Waals surface area contributed by atoms with E-state index in [2.05, 4.69) is 4.98 Å². The van der Waals surface area contributed by atoms with Crippen LogP contribution in [0.4, 0.5) is 10.2 Å². The van der Waals surface area contributed by atoms with Crippen LogP contribution in [0.1, 0.15) is 12.6 Å². The van der Waals surface area contributed by atoms with Crippen molar-refractivity contribution in [2.45, 2.75) is 24.0 Å². The second-order valence-electron chi connectivity index (χ2n) is 5.18. The van der Waals surface area contributed by atoms with Gasteiger partial charge in [-0.1, -0.05) is 6.07 Å². The van der Waals surface area contributed by atoms with Gasteiger partial charge in [-0.25, -0.2) is 17.8 Å². The maximum absolute atomic E-state index is 12.9. The molecule has 2 aromatic rings. The molecule has 0 fully saturated rings. The van der Waals surface area contributed by atoms with Crippen molar-refractivity contribution in [1.29, 1.82) is 0 Å². The molecule has 2 rings (SSSR count). The maximum atomic E-state index is 12.9. The Hall–Kier alpha value is -2.28. The number of rotatable bonds is 4. The van der Waals surface area contributed by atoms with Crippen LogP contribution in [-0.4, -0.2) is 31.6 Å². The van der Waals surface area contributed by atoms with Crippen LogP contribution < -0.4 is 4.90 Å². The predicted octanol–water partition coefficient (Wildman–Crippen LogP) is 2.35. The summed E-state index contributed by atoms with van der Waals surface area (Å²) >= 11 is 0. The second kappa shape index (κ2) is 6.45. The van der Waals surface area contributed by atoms with Gasteiger partial charge in [0.15, 0.2) is 9.84 Å². The maximum Gasteiger partial charge on any atom is 0.246 e. The summed E-state index contributed by atoms with van der Waals surface area (Å²) in [4.78, 5) is 17.8. The van der Waals surface area contributed by atoms with Gasteiger partial charge in [-0.15, -0.1) is 0 Å². The number of hydrogen-bond donors (Lipinski definition) is 0. The number of sulfone groups is 1. The Bertz CT molecular complexity index is 819. The number of pyridine rings is 1. The first kappa shape index (κ1) is 17.1. The summed E-state index contributed by atoms with van der Waals surface area (Å²) in [5, 5.41) is -1.31. The Morgan fingerprint density at radius 2 is 1.78 bits per heavy atom. The Kier molecular flexibility index (Phi) is 4.79. The first-order valence-electron chi connectivity index (χ1n) is 6.94. The van der Waals surface area contributed by atoms with Gasteiger partial charge >= 0.3 is 0 Å². The highest BCUT2D eigenvalue weighted by molar-refractivity contribution is 7.92. The van der Waals surface area contributed by atoms with Gasteiger partial charge in [0, 0.05) is 12.7 Å². The van der Waals surface area contributed by atoms with E-state index in [1.54, 1.807) is 25.1 Å². The lowest BCUT2D eigenvalue weighted by Crippen LogP contribution is -2.39. The molecule has 7 heteroatoms. The van der Waals surface area contributed by atoms with Crippen molar-refractivity contribution in [3.8, 4) is 0 Å². The van der Waals surface area contributed by atoms with Crippen molar-refractivity contribution in [3.05, 3.63) is 54.0 Å². The van der Waals surface area contributed by atoms with Crippen LogP contribution in [0.5, 0.6) is 0 Å². The summed E-state index contributed by atoms with van der Waals surface area (Å²) in [5.41, 5.74) is 0.719. The van der Waals surface area contributed by atoms with Gasteiger partial charge in [0.2, 0.25) is 5.91 Å². The molecular formula is C16H17FN2O3S. The number of nitrogens with zero attached hydrogens (tertiary/aromatic N) is 2. The fourth-order valence-corrected chi connectivity index (χ4v) is 3.41. The molecule has 0 aliphatic carbocycles. The van der Waals surface area contributed by atoms with Crippen LogP contribution >= 0.6 is 0 Å². The van der Waals surface area contributed by atoms with E-state index in [0.29, 0.717) is 5.82 Å². The number of hydrogen-bond acceptors (Lipinski definition) is 4. The third-order valence-electron chi connectivity index (χ3n) is 3.50. The molecule has 122 valence electrons. The van der Waals surface area contributed by atoms with Gasteiger partial charge in [0.25, 0.3) is 0 Å². The highest BCUT2D eigenvalue weighted by Gasteiger charge is 2.32. The molecule has 0 spiro atoms. The standard InChI is InChI=1S/C16H17FN2O3S/c1-11-5-4-6-15(18-11)19(3)16(20)12(2)23(21,22)14-9-7-13(17)8-10-14/h4-10,12H,1-3H3/t12-/m0/s1. The number of amides is 1. The van der Waals surface area contributed by atoms with Crippen molar-refractivity contribution in [2.24, 2.45) is 0 Å². The van der Waals surface area contributed by atoms with Crippen molar-refractivity contribution >= 4 is 21.6 Å². The fraction of sp³-hybridized carbons (Fsp3) is 0.250. The molecule has 1 amide bonds. The van der Waals surface area contributed by atoms with Crippen molar-refractivity contribution in [2.75, 3.05) is 11.9 Å². The van der Waals surface area contributed by atoms with Crippen molar-refractivity contribution in [1.82, 2.24) is 4.98 Å². The molecule has 5 nitrogen and oxygen atoms in total. The van der Waals surface area contributed by atoms with E-state index >= 15 is 0 Å². The molecule has 0 N–H and O–H groups in total. The summed E-state index contributed by atoms with van der Waals surface area (Å²) in [6, 6.07) is 9.55. The number of benzene rings is 1. The lowest BCUT2D eigenvalue weighted by atomic mass is 10.3. The molecule has 0 aliphatic heterocycles. The highest BCUT2D eigenvalue weighted by atomic mass is 32.2. The Morgan fingerprint density at radius 1 is 1.17 bits per heavy atom. The van der Waals surface area contributed by atoms with Crippen LogP contribution in [0.15, 0.2) is 47.4 Å². The number of halogens is 1. The van der Waals surface area contributed by atoms with E-state index in [-0.39, 0.29) is 4.90 Å². The molecule has 1 aromatic carbocycles. The van der Waals surface area contributed by atoms with Crippen LogP contribution in [0.3, 0.4) is 0 Å². The van der Waals surface area contributed by atoms with Gasteiger partial charge in [-0.05, 0) is 50.2 Å². The monoisotopic (exact) mass is 336 g/mol. The minimum Gasteiger partial charge on any atom is -0.299 e. The van der Waals surface area contributed by atoms with Crippen molar-refractivity contribution in [3.63, 3.8) is 0 Å². The molecule has 23 heavy (non-hydrogen) atoms. The molecule has 0 unspecified atom stereocenters. The van der Waals surface area contributed by atoms with Gasteiger partial charge in [0.1, 0.15) is 16.9 Å². The second-order valence-corrected chi connectivity index (χ2v) is 7.44. The molecule has 1 aromatic heterocycles. The predicted molar refractivity (Wildman–Crippen MR) is 85.4 cm³/mol. The Balaban J connectivity index is 2.29. The molecule has 0 radical (unpaired) electrons. The van der Waals surface area contributed by atoms with Crippen LogP contribution in [0.25, 0.3) is 0 Å². The number of aromatic nitrogens is 1. The Labute approximate surface area is 134 Å². The molecule has 1 atom stereocenters. The topological polar surface area (TPSA) is 67.3 Å². The average Bonchev–Trinajstić information content (AvgIpc) is 2.53. The molecule has 0 aliphatic rings. The smallest absolute Gasteiger partial charge is 0.246 e. The van der Waals surface area contributed by atoms with Crippen LogP contribution in [0.2, 0.25) is 0 Å². The summed E-state index contributed by atoms with van der Waals surface area (Å²) in [6.07, 6.45) is 0. The highest BCUT2D eigenvalue weighted by Crippen LogP contribution is 2.20. The third-order valence-corrected chi connectivity index (χ3v) is 5.57. The summed E-state index contributed by atoms with van der Waals surface area (Å²) < 4.78 is 37.9. The zero-order valence-corrected chi connectivity index (χ0v) is 13.8. The quantitative estimate of drug-likeness (QED) is 0.804. The van der Waals surface area contributed by atoms with E-state index in [0.717, 1.165) is 30.0 Å². The first-order valence-corrected chi connectivity index (χ1v) is 8.49. The lowest BCUT2D eigenvalue weighted by Gasteiger charge is -2.21. The SMILES string of the molecule is Cc1cccc(N(C)C(=O)[C@H](C)S(=O)(=O)c2ccc(F)cc2)n1. The normalized spacial score (nSPS) is 12.7. The molecule has 1 heterocycles. The molecule has 0 saturated heterocycles. The Morgan fingerprint density at radius 3 is 2.35 bits per heavy atom. The van der Waals surface area contributed by atoms with E-state index in [1.165, 1.54) is 18.9 Å². The van der Waals surface area contributed by atoms with Crippen LogP contribution in [0, 0.1) is 12.7 Å². The van der Waals surface area contributed by atoms with Crippen molar-refractivity contribution < 1.29 is 17.6 Å². The summed E-state index contributed by atoms with van der Waals surface area (Å²) in [7, 11) is -2.43. The van der Waals surface area contributed by atoms with Gasteiger partial charge in [0.05, 0.1) is 4.90 Å². The zero-order valence-electron chi connectivity index (χ0n) is 13.0. The van der Waals surface area contributed by atoms with E-state index < -0.39 is 26.8 Å². The number of carbonyl (C=O) groups is 1. The number of aryl methyl sites for hydroxylation is 1. The lowest BCUT2D eigenvalue weighted by molar-refractivity contribution is -0.117. The summed E-state index contributed by atoms with van der Waals surface area (Å²) in [5.74, 6) is -0.771. The van der Waals surface area contributed by atoms with Crippen LogP contribution in [-0.2, 0) is 14.6 Å². The number of carbonyl (C=O) groups excluding carboxylic acids is 1. The fourth-order valence-electron chi connectivity index (χ4n) is 2.06. The minimum atomic E-state index is -3.90. The van der Waals surface area contributed by atoms with E-state index in [9.17, 15) is 17.6 Å². The van der Waals surface area contributed by atoms with E-state index in [4.69, 9.17) is 0 Å². The molecule has 0 saturated carbocycles. The van der Waals surface area contributed by atoms with Gasteiger partial charge in [-0.2, -0.15) is 0 Å². The minimum absolute atomic E-state index is 0.0923. The average molecular weight is 336 g/mol. The van der Waals surface area contributed by atoms with E-state index in [1.807, 2.05) is 0 Å². The van der Waals surface area contributed by atoms with Gasteiger partial charge in [-0.3, -0.25) is 9.69 Å². The first-order chi connectivity index (χ1) is 10.7. The number of anilines is 1.